The van der Waals surface area contributed by atoms with E-state index >= 15 is 0 Å². The van der Waals surface area contributed by atoms with Gasteiger partial charge in [-0.05, 0) is 26.0 Å². The number of nitrogens with zero attached hydrogens (tertiary/aromatic N) is 5. The van der Waals surface area contributed by atoms with E-state index in [1.807, 2.05) is 13.8 Å². The molecule has 41 heavy (non-hydrogen) atoms. The van der Waals surface area contributed by atoms with Crippen LogP contribution in [0.5, 0.6) is 5.75 Å². The summed E-state index contributed by atoms with van der Waals surface area (Å²) in [6.45, 7) is 6.46. The summed E-state index contributed by atoms with van der Waals surface area (Å²) in [5.74, 6) is 0.591. The zero-order valence-corrected chi connectivity index (χ0v) is 23.8. The number of likely N-dealkylation sites (tertiary alicyclic amines) is 1. The number of halogens is 1. The molecule has 5 heterocycles. The third-order valence-corrected chi connectivity index (χ3v) is 7.59. The van der Waals surface area contributed by atoms with Crippen LogP contribution in [0.15, 0.2) is 18.5 Å². The fourth-order valence-corrected chi connectivity index (χ4v) is 5.38. The molecule has 0 saturated carbocycles. The molecule has 0 spiro atoms. The number of methoxy groups -OCH3 is 1. The highest BCUT2D eigenvalue weighted by atomic mass is 35.5. The Morgan fingerprint density at radius 3 is 2.73 bits per heavy atom. The highest BCUT2D eigenvalue weighted by Gasteiger charge is 2.37. The van der Waals surface area contributed by atoms with E-state index in [-0.39, 0.29) is 46.6 Å². The highest BCUT2D eigenvalue weighted by Crippen LogP contribution is 2.41. The number of carbonyl (C=O) groups excluding carboxylic acids is 3. The zero-order chi connectivity index (χ0) is 29.3. The van der Waals surface area contributed by atoms with E-state index in [0.717, 1.165) is 11.1 Å². The number of ether oxygens (including phenoxy) is 1. The smallest absolute Gasteiger partial charge is 0.260 e. The number of amides is 2. The van der Waals surface area contributed by atoms with Crippen molar-refractivity contribution in [3.8, 4) is 5.75 Å². The van der Waals surface area contributed by atoms with Gasteiger partial charge in [0.05, 0.1) is 36.0 Å². The number of nitrogen functional groups attached to an aromatic ring is 1. The Morgan fingerprint density at radius 1 is 1.24 bits per heavy atom. The molecule has 0 aliphatic carbocycles. The first-order valence-electron chi connectivity index (χ1n) is 13.2. The summed E-state index contributed by atoms with van der Waals surface area (Å²) in [5.41, 5.74) is 9.76. The average Bonchev–Trinajstić information content (AvgIpc) is 3.50. The zero-order valence-electron chi connectivity index (χ0n) is 23.1. The topological polar surface area (TPSA) is 159 Å². The van der Waals surface area contributed by atoms with E-state index in [2.05, 4.69) is 30.2 Å². The number of H-pyrrole nitrogens is 1. The van der Waals surface area contributed by atoms with Gasteiger partial charge in [-0.1, -0.05) is 11.6 Å². The third kappa shape index (κ3) is 5.79. The molecule has 4 N–H and O–H groups in total. The van der Waals surface area contributed by atoms with Crippen LogP contribution < -0.4 is 20.7 Å². The fourth-order valence-electron chi connectivity index (χ4n) is 5.11. The summed E-state index contributed by atoms with van der Waals surface area (Å²) < 4.78 is 5.52. The molecule has 3 aromatic heterocycles. The van der Waals surface area contributed by atoms with Gasteiger partial charge in [0.25, 0.3) is 11.8 Å². The van der Waals surface area contributed by atoms with Crippen LogP contribution in [0.3, 0.4) is 0 Å². The van der Waals surface area contributed by atoms with Gasteiger partial charge in [-0.3, -0.25) is 24.3 Å². The van der Waals surface area contributed by atoms with Gasteiger partial charge < -0.3 is 25.7 Å². The molecular formula is C28H31ClN8O4. The van der Waals surface area contributed by atoms with Gasteiger partial charge in [0.2, 0.25) is 5.95 Å². The van der Waals surface area contributed by atoms with Crippen molar-refractivity contribution in [2.24, 2.45) is 0 Å². The Hall–Kier alpha value is -4.29. The summed E-state index contributed by atoms with van der Waals surface area (Å²) in [4.78, 5) is 57.4. The monoisotopic (exact) mass is 578 g/mol. The fraction of sp³-hybridized carbons (Fsp3) is 0.357. The number of anilines is 2. The predicted octanol–water partition coefficient (Wildman–Crippen LogP) is 2.54. The maximum Gasteiger partial charge on any atom is 0.260 e. The number of hydrogen-bond donors (Lipinski definition) is 3. The Kier molecular flexibility index (Phi) is 8.04. The van der Waals surface area contributed by atoms with Crippen molar-refractivity contribution in [3.05, 3.63) is 57.3 Å². The first-order chi connectivity index (χ1) is 19.7. The first kappa shape index (κ1) is 28.2. The number of pyridine rings is 1. The maximum atomic E-state index is 13.7. The lowest BCUT2D eigenvalue weighted by molar-refractivity contribution is -0.121. The molecule has 0 bridgehead atoms. The number of hydrogen-bond acceptors (Lipinski definition) is 9. The molecule has 1 fully saturated rings. The molecular weight excluding hydrogens is 548 g/mol. The van der Waals surface area contributed by atoms with Gasteiger partial charge in [-0.25, -0.2) is 4.98 Å². The van der Waals surface area contributed by atoms with Gasteiger partial charge >= 0.3 is 0 Å². The van der Waals surface area contributed by atoms with Gasteiger partial charge in [-0.2, -0.15) is 4.98 Å². The molecule has 0 radical (unpaired) electrons. The minimum absolute atomic E-state index is 0.0460. The number of fused-ring (bicyclic) bond motifs is 1. The van der Waals surface area contributed by atoms with E-state index in [1.165, 1.54) is 4.90 Å². The lowest BCUT2D eigenvalue weighted by atomic mass is 10.1. The predicted molar refractivity (Wildman–Crippen MR) is 155 cm³/mol. The molecule has 214 valence electrons. The summed E-state index contributed by atoms with van der Waals surface area (Å²) >= 11 is 6.47. The Morgan fingerprint density at radius 2 is 2.00 bits per heavy atom. The number of aryl methyl sites for hydroxylation is 1. The summed E-state index contributed by atoms with van der Waals surface area (Å²) in [6, 6.07) is 1.65. The standard InChI is InChI=1S/C28H31ClN8O4/c1-15-12-33-21(16(2)23(15)41-3)14-37-25-22(24(29)34-28(30)35-25)20(27(37)40)11-18-10-17(13-32-18)26(39)31-6-9-36-7-4-19(38)5-8-36/h10-13,32H,4-9,14H2,1-3H3,(H,31,39)(H2,30,34,35). The van der Waals surface area contributed by atoms with Crippen molar-refractivity contribution in [2.75, 3.05) is 43.9 Å². The van der Waals surface area contributed by atoms with Crippen LogP contribution >= 0.6 is 11.6 Å². The second-order valence-corrected chi connectivity index (χ2v) is 10.4. The van der Waals surface area contributed by atoms with E-state index in [4.69, 9.17) is 22.1 Å². The van der Waals surface area contributed by atoms with Gasteiger partial charge in [0.15, 0.2) is 5.82 Å². The lowest BCUT2D eigenvalue weighted by Gasteiger charge is -2.25. The number of aromatic amines is 1. The lowest BCUT2D eigenvalue weighted by Crippen LogP contribution is -2.39. The molecule has 3 aromatic rings. The van der Waals surface area contributed by atoms with Gasteiger partial charge in [-0.15, -0.1) is 0 Å². The largest absolute Gasteiger partial charge is 0.496 e. The normalized spacial score (nSPS) is 16.4. The third-order valence-electron chi connectivity index (χ3n) is 7.32. The van der Waals surface area contributed by atoms with Gasteiger partial charge in [0, 0.05) is 68.2 Å². The molecule has 2 aliphatic heterocycles. The molecule has 0 atom stereocenters. The molecule has 0 aromatic carbocycles. The molecule has 0 unspecified atom stereocenters. The minimum Gasteiger partial charge on any atom is -0.496 e. The van der Waals surface area contributed by atoms with E-state index < -0.39 is 0 Å². The van der Waals surface area contributed by atoms with Gasteiger partial charge in [0.1, 0.15) is 16.7 Å². The quantitative estimate of drug-likeness (QED) is 0.269. The van der Waals surface area contributed by atoms with Crippen molar-refractivity contribution < 1.29 is 19.1 Å². The Balaban J connectivity index is 1.36. The van der Waals surface area contributed by atoms with E-state index in [9.17, 15) is 14.4 Å². The number of nitrogens with two attached hydrogens (primary N) is 1. The van der Waals surface area contributed by atoms with Crippen LogP contribution in [0, 0.1) is 13.8 Å². The van der Waals surface area contributed by atoms with Crippen molar-refractivity contribution >= 4 is 52.6 Å². The van der Waals surface area contributed by atoms with E-state index in [1.54, 1.807) is 31.6 Å². The van der Waals surface area contributed by atoms with Crippen LogP contribution in [0.1, 0.15) is 51.3 Å². The van der Waals surface area contributed by atoms with Crippen LogP contribution in [-0.2, 0) is 16.1 Å². The number of Topliss-reactive ketones (excluding diaryl/α,β-unsaturated/α-hetero) is 1. The Labute approximate surface area is 241 Å². The molecule has 2 amide bonds. The second kappa shape index (κ2) is 11.7. The summed E-state index contributed by atoms with van der Waals surface area (Å²) in [7, 11) is 1.59. The molecule has 13 heteroatoms. The average molecular weight is 579 g/mol. The highest BCUT2D eigenvalue weighted by molar-refractivity contribution is 6.41. The molecule has 5 rings (SSSR count). The van der Waals surface area contributed by atoms with Crippen molar-refractivity contribution in [1.82, 2.24) is 30.2 Å². The molecule has 1 saturated heterocycles. The van der Waals surface area contributed by atoms with Crippen LogP contribution in [0.4, 0.5) is 11.8 Å². The SMILES string of the molecule is COc1c(C)cnc(CN2C(=O)C(=Cc3cc(C(=O)NCCN4CCC(=O)CC4)c[nH]3)c3c(Cl)nc(N)nc32)c1C. The Bertz CT molecular complexity index is 1560. The van der Waals surface area contributed by atoms with Crippen LogP contribution in [-0.4, -0.2) is 75.7 Å². The number of carbonyl (C=O) groups is 3. The van der Waals surface area contributed by atoms with Crippen molar-refractivity contribution in [2.45, 2.75) is 33.2 Å². The number of aromatic nitrogens is 4. The number of ketones is 1. The molecule has 2 aliphatic rings. The van der Waals surface area contributed by atoms with Crippen molar-refractivity contribution in [3.63, 3.8) is 0 Å². The number of piperidine rings is 1. The maximum absolute atomic E-state index is 13.7. The second-order valence-electron chi connectivity index (χ2n) is 10.0. The minimum atomic E-state index is -0.358. The molecule has 12 nitrogen and oxygen atoms in total. The number of nitrogens with one attached hydrogen (secondary N) is 2. The van der Waals surface area contributed by atoms with Crippen LogP contribution in [0.2, 0.25) is 5.15 Å². The number of rotatable bonds is 8. The summed E-state index contributed by atoms with van der Waals surface area (Å²) in [5, 5.41) is 2.95. The first-order valence-corrected chi connectivity index (χ1v) is 13.6. The van der Waals surface area contributed by atoms with Crippen LogP contribution in [0.25, 0.3) is 11.6 Å². The summed E-state index contributed by atoms with van der Waals surface area (Å²) in [6.07, 6.45) is 6.00. The van der Waals surface area contributed by atoms with Crippen molar-refractivity contribution in [1.29, 1.82) is 0 Å². The van der Waals surface area contributed by atoms with E-state index in [0.29, 0.717) is 67.3 Å².